The third-order valence-corrected chi connectivity index (χ3v) is 31.1. The van der Waals surface area contributed by atoms with Gasteiger partial charge < -0.3 is 69.6 Å². The highest BCUT2D eigenvalue weighted by Crippen LogP contribution is 2.50. The number of aryl methyl sites for hydroxylation is 15. The maximum Gasteiger partial charge on any atom is 0.204 e. The molecule has 0 amide bonds. The first kappa shape index (κ1) is 88.8. The van der Waals surface area contributed by atoms with Gasteiger partial charge in [-0.15, -0.1) is 11.8 Å². The quantitative estimate of drug-likeness (QED) is 0.0932. The van der Waals surface area contributed by atoms with E-state index in [-0.39, 0.29) is 28.9 Å². The second-order valence-electron chi connectivity index (χ2n) is 38.6. The largest absolute Gasteiger partial charge is 0.493 e. The predicted octanol–water partition coefficient (Wildman–Crippen LogP) is 17.6. The Kier molecular flexibility index (Phi) is 22.3. The fraction of sp³-hybridized carbons (Fsp3) is 0.367. The number of hydrogen-bond acceptors (Lipinski definition) is 26. The standard InChI is InChI=1S/C23H24N2O2.C22H23N3O2.C22H22N2O3.C21H21N3O2S.C21H20N2O4/c1-14-11-19-20(12-15(14)2)24-22-23(27,21(19)26)9-10-25(22)18-8-7-16-5-3-4-6-17(16)13-18;1-13-9-17-19(10-14(13)2)24-21-22(27,20(17)26)7-8-25(21)16-11-15-5-3-4-6-18(15)23-12-16;1-13-10-17-18(11-14(13)2)23-21-22(26,20(17)25)7-8-24(21)16-6-5-15-4-3-9-27-19(15)12-16;1-12-9-15-16(10-13(12)2)23-20-21(26,19(15)25)5-7-24(20)14-3-4-18-17(11-14)22-6-8-27-18;1-12-9-15-16(10-13(12)2)22-20-21(25,19(15)24)5-6-23(20)14-3-4-17-18(11-14)27-8-7-26-17/h7-8,11-13,27H,3-6,9-10H2,1-2H3;9-12,27H,3-8H2,1-2H3;5-6,10-12,26H,3-4,7-9H2,1-2H3;3-4,9-11,22,26H,5-8H2,1-2H3;3-4,9-11,25H,5-8H2,1-2H3/t23-;2*22-;2*21-/m11111/s1. The number of nitrogens with one attached hydrogen (secondary N) is 1. The summed E-state index contributed by atoms with van der Waals surface area (Å²) in [6.07, 6.45) is 14.9. The van der Waals surface area contributed by atoms with Gasteiger partial charge in [-0.1, -0.05) is 12.1 Å². The number of anilines is 6. The number of fused-ring (bicyclic) bond motifs is 15. The molecule has 0 saturated carbocycles. The lowest BCUT2D eigenvalue weighted by atomic mass is 9.86. The number of rotatable bonds is 5. The molecule has 25 rings (SSSR count). The minimum absolute atomic E-state index is 0.217. The van der Waals surface area contributed by atoms with E-state index < -0.39 is 28.0 Å². The van der Waals surface area contributed by atoms with Gasteiger partial charge in [0.05, 0.1) is 46.9 Å². The van der Waals surface area contributed by atoms with E-state index in [1.54, 1.807) is 0 Å². The molecule has 0 radical (unpaired) electrons. The molecular weight excluding hydrogens is 1720 g/mol. The molecule has 6 N–H and O–H groups in total. The Balaban J connectivity index is 0.000000101. The van der Waals surface area contributed by atoms with E-state index in [0.717, 1.165) is 153 Å². The van der Waals surface area contributed by atoms with Crippen LogP contribution in [0.2, 0.25) is 0 Å². The van der Waals surface area contributed by atoms with E-state index in [1.165, 1.54) is 58.5 Å². The molecule has 0 unspecified atom stereocenters. The molecule has 2 aliphatic carbocycles. The fourth-order valence-corrected chi connectivity index (χ4v) is 22.2. The Morgan fingerprint density at radius 2 is 0.644 bits per heavy atom. The Hall–Kier alpha value is -12.8. The molecule has 25 nitrogen and oxygen atoms in total. The Bertz CT molecular complexity index is 6010. The van der Waals surface area contributed by atoms with Crippen LogP contribution in [0, 0.1) is 69.2 Å². The van der Waals surface area contributed by atoms with Crippen LogP contribution in [0.5, 0.6) is 17.2 Å². The van der Waals surface area contributed by atoms with Crippen molar-refractivity contribution < 1.29 is 63.7 Å². The number of pyridine rings is 1. The number of benzene rings is 9. The van der Waals surface area contributed by atoms with E-state index in [4.69, 9.17) is 39.2 Å². The molecule has 26 heteroatoms. The number of carbonyl (C=O) groups is 5. The number of ether oxygens (including phenoxy) is 3. The normalized spacial score (nSPS) is 23.4. The van der Waals surface area contributed by atoms with Crippen LogP contribution in [-0.4, -0.2) is 181 Å². The van der Waals surface area contributed by atoms with Crippen LogP contribution in [0.25, 0.3) is 0 Å². The SMILES string of the molecule is Cc1cc2c(cc1C)C(=O)[C@]1(O)CCN(c3ccc4c(c3)CCCC4)C1=N2.Cc1cc2c(cc1C)C(=O)[C@]1(O)CCN(c3ccc4c(c3)NCCS4)C1=N2.Cc1cc2c(cc1C)C(=O)[C@]1(O)CCN(c3ccc4c(c3)OCCC4)C1=N2.Cc1cc2c(cc1C)C(=O)[C@]1(O)CCN(c3ccc4c(c3)OCCO4)C1=N2.Cc1cc2c(cc1C)C(=O)[C@]1(O)CCN(c3cnc4c(c3)CCCC4)C1=N2. The number of Topliss-reactive ketones (excluding diaryl/α,β-unsaturated/α-hetero) is 5. The zero-order valence-corrected chi connectivity index (χ0v) is 78.7. The molecular formula is C109H110N12O13S. The van der Waals surface area contributed by atoms with Gasteiger partial charge in [-0.2, -0.15) is 0 Å². The van der Waals surface area contributed by atoms with Crippen LogP contribution < -0.4 is 44.0 Å². The summed E-state index contributed by atoms with van der Waals surface area (Å²) in [5, 5.41) is 59.5. The lowest BCUT2D eigenvalue weighted by Crippen LogP contribution is -2.48. The van der Waals surface area contributed by atoms with Crippen molar-refractivity contribution in [3.05, 3.63) is 257 Å². The molecule has 135 heavy (non-hydrogen) atoms. The highest BCUT2D eigenvalue weighted by atomic mass is 32.2. The molecule has 9 aromatic carbocycles. The van der Waals surface area contributed by atoms with Crippen molar-refractivity contribution in [3.8, 4) is 17.2 Å². The Labute approximate surface area is 788 Å². The van der Waals surface area contributed by atoms with Gasteiger partial charge in [0.25, 0.3) is 0 Å². The van der Waals surface area contributed by atoms with Gasteiger partial charge in [0.1, 0.15) is 48.1 Å². The van der Waals surface area contributed by atoms with Crippen molar-refractivity contribution in [2.24, 2.45) is 25.0 Å². The first-order valence-electron chi connectivity index (χ1n) is 47.4. The topological polar surface area (TPSA) is 317 Å². The minimum Gasteiger partial charge on any atom is -0.493 e. The van der Waals surface area contributed by atoms with Gasteiger partial charge in [0.15, 0.2) is 39.5 Å². The van der Waals surface area contributed by atoms with Gasteiger partial charge in [-0.05, 0) is 327 Å². The first-order chi connectivity index (χ1) is 64.9. The van der Waals surface area contributed by atoms with Gasteiger partial charge in [0, 0.05) is 156 Å². The number of nitrogens with zero attached hydrogens (tertiary/aromatic N) is 11. The van der Waals surface area contributed by atoms with Crippen molar-refractivity contribution >= 4 is 132 Å². The van der Waals surface area contributed by atoms with Crippen LogP contribution >= 0.6 is 11.8 Å². The molecule has 5 atom stereocenters. The summed E-state index contributed by atoms with van der Waals surface area (Å²) in [5.74, 6) is 4.32. The highest BCUT2D eigenvalue weighted by Gasteiger charge is 2.58. The molecule has 5 fully saturated rings. The number of carbonyl (C=O) groups excluding carboxylic acids is 5. The van der Waals surface area contributed by atoms with Crippen molar-refractivity contribution in [1.82, 2.24) is 4.98 Å². The molecule has 690 valence electrons. The van der Waals surface area contributed by atoms with E-state index in [0.29, 0.717) is 175 Å². The van der Waals surface area contributed by atoms with Gasteiger partial charge in [-0.3, -0.25) is 29.0 Å². The van der Waals surface area contributed by atoms with Crippen molar-refractivity contribution in [1.29, 1.82) is 0 Å². The van der Waals surface area contributed by atoms with Gasteiger partial charge in [-0.25, -0.2) is 25.0 Å². The fourth-order valence-electron chi connectivity index (χ4n) is 21.3. The van der Waals surface area contributed by atoms with Gasteiger partial charge >= 0.3 is 0 Å². The maximum atomic E-state index is 13.1. The molecule has 0 bridgehead atoms. The van der Waals surface area contributed by atoms with Crippen molar-refractivity contribution in [2.75, 3.05) is 94.7 Å². The number of amidine groups is 5. The summed E-state index contributed by atoms with van der Waals surface area (Å²) in [6.45, 7) is 25.4. The molecule has 13 aliphatic heterocycles. The van der Waals surface area contributed by atoms with E-state index >= 15 is 0 Å². The van der Waals surface area contributed by atoms with Crippen LogP contribution in [-0.2, 0) is 32.1 Å². The smallest absolute Gasteiger partial charge is 0.204 e. The number of hydrogen-bond donors (Lipinski definition) is 6. The first-order valence-corrected chi connectivity index (χ1v) is 48.4. The minimum atomic E-state index is -1.58. The highest BCUT2D eigenvalue weighted by molar-refractivity contribution is 7.99. The summed E-state index contributed by atoms with van der Waals surface area (Å²) >= 11 is 1.84. The van der Waals surface area contributed by atoms with Crippen LogP contribution in [0.3, 0.4) is 0 Å². The second kappa shape index (κ2) is 33.9. The number of aliphatic hydroxyl groups is 5. The number of aromatic nitrogens is 1. The summed E-state index contributed by atoms with van der Waals surface area (Å²) in [5.41, 5.74) is 21.0. The third-order valence-electron chi connectivity index (χ3n) is 30.0. The second-order valence-corrected chi connectivity index (χ2v) is 39.7. The van der Waals surface area contributed by atoms with E-state index in [1.807, 2.05) is 209 Å². The van der Waals surface area contributed by atoms with Crippen LogP contribution in [0.1, 0.15) is 200 Å². The average Bonchev–Trinajstić information content (AvgIpc) is 1.64. The lowest BCUT2D eigenvalue weighted by Gasteiger charge is -2.30. The molecule has 14 heterocycles. The monoisotopic (exact) mass is 1830 g/mol. The van der Waals surface area contributed by atoms with E-state index in [9.17, 15) is 49.5 Å². The van der Waals surface area contributed by atoms with Crippen molar-refractivity contribution in [3.63, 3.8) is 0 Å². The van der Waals surface area contributed by atoms with Crippen LogP contribution in [0.15, 0.2) is 176 Å². The third kappa shape index (κ3) is 15.1. The summed E-state index contributed by atoms with van der Waals surface area (Å²) in [7, 11) is 0. The zero-order valence-electron chi connectivity index (χ0n) is 77.9. The zero-order chi connectivity index (χ0) is 93.8. The molecule has 1 aromatic heterocycles. The predicted molar refractivity (Wildman–Crippen MR) is 529 cm³/mol. The molecule has 0 spiro atoms. The number of thioether (sulfide) groups is 1. The Morgan fingerprint density at radius 3 is 1.08 bits per heavy atom. The number of ketones is 5. The molecule has 10 aromatic rings. The average molecular weight is 1830 g/mol. The number of aliphatic imine (C=N–C) groups is 5. The molecule has 15 aliphatic rings. The van der Waals surface area contributed by atoms with Crippen molar-refractivity contribution in [2.45, 2.75) is 198 Å². The van der Waals surface area contributed by atoms with E-state index in [2.05, 4.69) is 52.8 Å². The molecule has 5 saturated heterocycles. The lowest BCUT2D eigenvalue weighted by molar-refractivity contribution is 0.0600. The van der Waals surface area contributed by atoms with Gasteiger partial charge in [0.2, 0.25) is 28.9 Å². The van der Waals surface area contributed by atoms with Crippen LogP contribution in [0.4, 0.5) is 62.6 Å². The summed E-state index contributed by atoms with van der Waals surface area (Å²) in [6, 6.07) is 45.6. The summed E-state index contributed by atoms with van der Waals surface area (Å²) in [4.78, 5) is 105. The Morgan fingerprint density at radius 1 is 0.319 bits per heavy atom. The summed E-state index contributed by atoms with van der Waals surface area (Å²) < 4.78 is 17.0. The maximum absolute atomic E-state index is 13.1.